The van der Waals surface area contributed by atoms with E-state index in [0.717, 1.165) is 11.3 Å². The average Bonchev–Trinajstić information content (AvgIpc) is 2.26. The predicted octanol–water partition coefficient (Wildman–Crippen LogP) is 2.77. The molecular formula is C7H9Br2N3. The van der Waals surface area contributed by atoms with Gasteiger partial charge in [-0.1, -0.05) is 11.6 Å². The number of rotatable bonds is 2. The SMILES string of the molecule is CC(C)=CCn1nc(Br)nc1Br. The smallest absolute Gasteiger partial charge is 0.218 e. The third-order valence-electron chi connectivity index (χ3n) is 1.27. The molecule has 5 heteroatoms. The summed E-state index contributed by atoms with van der Waals surface area (Å²) in [5.41, 5.74) is 1.27. The molecule has 1 aromatic heterocycles. The van der Waals surface area contributed by atoms with Crippen LogP contribution in [0.2, 0.25) is 0 Å². The molecule has 1 aromatic rings. The fraction of sp³-hybridized carbons (Fsp3) is 0.429. The summed E-state index contributed by atoms with van der Waals surface area (Å²) < 4.78 is 3.13. The number of halogens is 2. The molecule has 0 spiro atoms. The van der Waals surface area contributed by atoms with E-state index in [9.17, 15) is 0 Å². The van der Waals surface area contributed by atoms with Crippen LogP contribution in [0.15, 0.2) is 21.1 Å². The monoisotopic (exact) mass is 293 g/mol. The van der Waals surface area contributed by atoms with Gasteiger partial charge in [-0.25, -0.2) is 4.68 Å². The molecule has 0 bridgehead atoms. The van der Waals surface area contributed by atoms with Crippen LogP contribution >= 0.6 is 31.9 Å². The van der Waals surface area contributed by atoms with Crippen molar-refractivity contribution in [2.24, 2.45) is 0 Å². The van der Waals surface area contributed by atoms with Crippen molar-refractivity contribution in [3.63, 3.8) is 0 Å². The number of allylic oxidation sites excluding steroid dienone is 2. The Labute approximate surface area is 88.1 Å². The Kier molecular flexibility index (Phi) is 3.46. The Morgan fingerprint density at radius 3 is 2.58 bits per heavy atom. The lowest BCUT2D eigenvalue weighted by Crippen LogP contribution is -1.98. The maximum atomic E-state index is 4.11. The molecule has 1 rings (SSSR count). The number of aromatic nitrogens is 3. The first-order valence-electron chi connectivity index (χ1n) is 3.49. The Morgan fingerprint density at radius 2 is 2.17 bits per heavy atom. The first-order valence-corrected chi connectivity index (χ1v) is 5.07. The molecule has 0 aliphatic rings. The first-order chi connectivity index (χ1) is 5.59. The minimum absolute atomic E-state index is 0.608. The van der Waals surface area contributed by atoms with Gasteiger partial charge in [0.2, 0.25) is 4.73 Å². The summed E-state index contributed by atoms with van der Waals surface area (Å²) in [6, 6.07) is 0. The Balaban J connectivity index is 2.75. The fourth-order valence-electron chi connectivity index (χ4n) is 0.682. The van der Waals surface area contributed by atoms with Gasteiger partial charge in [-0.2, -0.15) is 4.98 Å². The largest absolute Gasteiger partial charge is 0.235 e. The van der Waals surface area contributed by atoms with Gasteiger partial charge in [0, 0.05) is 0 Å². The lowest BCUT2D eigenvalue weighted by atomic mass is 10.3. The molecule has 66 valence electrons. The summed E-state index contributed by atoms with van der Waals surface area (Å²) in [5.74, 6) is 0. The minimum atomic E-state index is 0.608. The second kappa shape index (κ2) is 4.18. The highest BCUT2D eigenvalue weighted by Gasteiger charge is 2.01. The van der Waals surface area contributed by atoms with Crippen LogP contribution in [-0.4, -0.2) is 14.8 Å². The van der Waals surface area contributed by atoms with E-state index in [1.54, 1.807) is 4.68 Å². The van der Waals surface area contributed by atoms with Gasteiger partial charge in [-0.15, -0.1) is 5.10 Å². The van der Waals surface area contributed by atoms with E-state index in [2.05, 4.69) is 61.9 Å². The van der Waals surface area contributed by atoms with Gasteiger partial charge in [-0.05, 0) is 45.7 Å². The van der Waals surface area contributed by atoms with Gasteiger partial charge in [0.15, 0.2) is 4.73 Å². The number of nitrogens with zero attached hydrogens (tertiary/aromatic N) is 3. The topological polar surface area (TPSA) is 30.7 Å². The zero-order valence-corrected chi connectivity index (χ0v) is 10.1. The van der Waals surface area contributed by atoms with Crippen molar-refractivity contribution in [1.82, 2.24) is 14.8 Å². The lowest BCUT2D eigenvalue weighted by Gasteiger charge is -1.95. The zero-order valence-electron chi connectivity index (χ0n) is 6.88. The molecule has 12 heavy (non-hydrogen) atoms. The Bertz CT molecular complexity index is 300. The highest BCUT2D eigenvalue weighted by molar-refractivity contribution is 9.11. The van der Waals surface area contributed by atoms with Crippen molar-refractivity contribution in [3.8, 4) is 0 Å². The molecule has 0 radical (unpaired) electrons. The van der Waals surface area contributed by atoms with Crippen molar-refractivity contribution in [3.05, 3.63) is 21.1 Å². The molecule has 0 saturated carbocycles. The molecule has 0 aliphatic carbocycles. The zero-order chi connectivity index (χ0) is 9.14. The summed E-state index contributed by atoms with van der Waals surface area (Å²) in [7, 11) is 0. The summed E-state index contributed by atoms with van der Waals surface area (Å²) >= 11 is 6.49. The van der Waals surface area contributed by atoms with E-state index in [-0.39, 0.29) is 0 Å². The molecular weight excluding hydrogens is 286 g/mol. The van der Waals surface area contributed by atoms with Crippen molar-refractivity contribution in [2.45, 2.75) is 20.4 Å². The van der Waals surface area contributed by atoms with E-state index in [0.29, 0.717) is 4.73 Å². The highest BCUT2D eigenvalue weighted by atomic mass is 79.9. The first kappa shape index (κ1) is 9.92. The molecule has 0 N–H and O–H groups in total. The minimum Gasteiger partial charge on any atom is -0.235 e. The van der Waals surface area contributed by atoms with E-state index >= 15 is 0 Å². The third kappa shape index (κ3) is 2.71. The van der Waals surface area contributed by atoms with E-state index < -0.39 is 0 Å². The fourth-order valence-corrected chi connectivity index (χ4v) is 1.67. The second-order valence-corrected chi connectivity index (χ2v) is 4.03. The standard InChI is InChI=1S/C7H9Br2N3/c1-5(2)3-4-12-7(9)10-6(8)11-12/h3H,4H2,1-2H3. The van der Waals surface area contributed by atoms with Gasteiger partial charge in [-0.3, -0.25) is 0 Å². The summed E-state index contributed by atoms with van der Waals surface area (Å²) in [6.07, 6.45) is 2.09. The lowest BCUT2D eigenvalue weighted by molar-refractivity contribution is 0.675. The van der Waals surface area contributed by atoms with Crippen molar-refractivity contribution < 1.29 is 0 Å². The van der Waals surface area contributed by atoms with Crippen molar-refractivity contribution in [2.75, 3.05) is 0 Å². The van der Waals surface area contributed by atoms with Crippen LogP contribution in [0.5, 0.6) is 0 Å². The molecule has 0 atom stereocenters. The predicted molar refractivity (Wildman–Crippen MR) is 54.9 cm³/mol. The van der Waals surface area contributed by atoms with Crippen LogP contribution in [0.1, 0.15) is 13.8 Å². The maximum Gasteiger partial charge on any atom is 0.218 e. The van der Waals surface area contributed by atoms with Gasteiger partial charge < -0.3 is 0 Å². The summed E-state index contributed by atoms with van der Waals surface area (Å²) in [4.78, 5) is 4.04. The molecule has 0 aliphatic heterocycles. The Morgan fingerprint density at radius 1 is 1.50 bits per heavy atom. The van der Waals surface area contributed by atoms with Crippen molar-refractivity contribution in [1.29, 1.82) is 0 Å². The molecule has 3 nitrogen and oxygen atoms in total. The summed E-state index contributed by atoms with van der Waals surface area (Å²) in [5, 5.41) is 4.11. The van der Waals surface area contributed by atoms with Crippen LogP contribution in [-0.2, 0) is 6.54 Å². The van der Waals surface area contributed by atoms with E-state index in [4.69, 9.17) is 0 Å². The normalized spacial score (nSPS) is 10.0. The number of hydrogen-bond donors (Lipinski definition) is 0. The second-order valence-electron chi connectivity index (χ2n) is 2.61. The van der Waals surface area contributed by atoms with Crippen LogP contribution in [0, 0.1) is 0 Å². The van der Waals surface area contributed by atoms with E-state index in [1.165, 1.54) is 5.57 Å². The highest BCUT2D eigenvalue weighted by Crippen LogP contribution is 2.11. The molecule has 0 fully saturated rings. The van der Waals surface area contributed by atoms with Gasteiger partial charge in [0.25, 0.3) is 0 Å². The third-order valence-corrected chi connectivity index (χ3v) is 2.20. The van der Waals surface area contributed by atoms with Crippen molar-refractivity contribution >= 4 is 31.9 Å². The molecule has 0 amide bonds. The quantitative estimate of drug-likeness (QED) is 0.785. The molecule has 1 heterocycles. The summed E-state index contributed by atoms with van der Waals surface area (Å²) in [6.45, 7) is 4.86. The van der Waals surface area contributed by atoms with Gasteiger partial charge >= 0.3 is 0 Å². The van der Waals surface area contributed by atoms with E-state index in [1.807, 2.05) is 0 Å². The Hall–Kier alpha value is -0.160. The van der Waals surface area contributed by atoms with Crippen LogP contribution in [0.4, 0.5) is 0 Å². The van der Waals surface area contributed by atoms with Gasteiger partial charge in [0.1, 0.15) is 0 Å². The molecule has 0 saturated heterocycles. The van der Waals surface area contributed by atoms with Gasteiger partial charge in [0.05, 0.1) is 6.54 Å². The maximum absolute atomic E-state index is 4.11. The van der Waals surface area contributed by atoms with Crippen LogP contribution in [0.3, 0.4) is 0 Å². The van der Waals surface area contributed by atoms with Crippen LogP contribution in [0.25, 0.3) is 0 Å². The molecule has 0 unspecified atom stereocenters. The number of hydrogen-bond acceptors (Lipinski definition) is 2. The average molecular weight is 295 g/mol. The van der Waals surface area contributed by atoms with Crippen LogP contribution < -0.4 is 0 Å². The molecule has 0 aromatic carbocycles.